The minimum absolute atomic E-state index is 0.395. The maximum atomic E-state index is 11.9. The third-order valence-corrected chi connectivity index (χ3v) is 6.34. The van der Waals surface area contributed by atoms with Crippen molar-refractivity contribution in [2.45, 2.75) is 13.5 Å². The van der Waals surface area contributed by atoms with Gasteiger partial charge in [0.05, 0.1) is 24.7 Å². The zero-order chi connectivity index (χ0) is 20.1. The van der Waals surface area contributed by atoms with Crippen LogP contribution < -0.4 is 14.4 Å². The van der Waals surface area contributed by atoms with Crippen LogP contribution in [0.3, 0.4) is 0 Å². The summed E-state index contributed by atoms with van der Waals surface area (Å²) in [6.45, 7) is 2.83. The van der Waals surface area contributed by atoms with Gasteiger partial charge in [-0.3, -0.25) is 4.31 Å². The lowest BCUT2D eigenvalue weighted by Crippen LogP contribution is -2.29. The first-order valence-electron chi connectivity index (χ1n) is 8.82. The van der Waals surface area contributed by atoms with Crippen molar-refractivity contribution in [3.63, 3.8) is 0 Å². The van der Waals surface area contributed by atoms with E-state index in [4.69, 9.17) is 4.74 Å². The molecule has 0 saturated heterocycles. The molecule has 0 atom stereocenters. The minimum atomic E-state index is -3.28. The number of nitrogens with one attached hydrogen (secondary N) is 1. The number of anilines is 2. The number of sulfonamides is 1. The number of benzene rings is 2. The summed E-state index contributed by atoms with van der Waals surface area (Å²) < 4.78 is 30.4. The molecule has 148 valence electrons. The Morgan fingerprint density at radius 2 is 1.86 bits per heavy atom. The number of hydrogen-bond donors (Lipinski definition) is 1. The molecule has 6 nitrogen and oxygen atoms in total. The van der Waals surface area contributed by atoms with Gasteiger partial charge in [-0.05, 0) is 25.1 Å². The molecule has 1 heterocycles. The summed E-state index contributed by atoms with van der Waals surface area (Å²) in [4.78, 5) is 4.63. The van der Waals surface area contributed by atoms with Crippen LogP contribution in [0, 0.1) is 0 Å². The fourth-order valence-corrected chi connectivity index (χ4v) is 4.61. The van der Waals surface area contributed by atoms with Crippen LogP contribution in [0.25, 0.3) is 11.3 Å². The zero-order valence-electron chi connectivity index (χ0n) is 16.0. The van der Waals surface area contributed by atoms with Crippen LogP contribution in [0.5, 0.6) is 5.75 Å². The number of para-hydroxylation sites is 1. The maximum Gasteiger partial charge on any atom is 0.232 e. The highest BCUT2D eigenvalue weighted by Gasteiger charge is 2.15. The largest absolute Gasteiger partial charge is 0.496 e. The Morgan fingerprint density at radius 3 is 2.50 bits per heavy atom. The number of thiazole rings is 1. The summed E-state index contributed by atoms with van der Waals surface area (Å²) in [7, 11) is -1.62. The molecule has 0 aliphatic heterocycles. The van der Waals surface area contributed by atoms with Gasteiger partial charge in [0.25, 0.3) is 0 Å². The average Bonchev–Trinajstić information content (AvgIpc) is 3.15. The number of rotatable bonds is 8. The van der Waals surface area contributed by atoms with Gasteiger partial charge < -0.3 is 10.1 Å². The number of nitrogens with zero attached hydrogens (tertiary/aromatic N) is 2. The first-order chi connectivity index (χ1) is 13.4. The second-order valence-corrected chi connectivity index (χ2v) is 8.94. The molecule has 1 N–H and O–H groups in total. The highest BCUT2D eigenvalue weighted by molar-refractivity contribution is 7.92. The molecule has 0 fully saturated rings. The summed E-state index contributed by atoms with van der Waals surface area (Å²) in [6, 6.07) is 15.3. The van der Waals surface area contributed by atoms with Crippen LogP contribution >= 0.6 is 11.3 Å². The molecule has 0 amide bonds. The van der Waals surface area contributed by atoms with Gasteiger partial charge in [0.15, 0.2) is 5.13 Å². The zero-order valence-corrected chi connectivity index (χ0v) is 17.7. The van der Waals surface area contributed by atoms with E-state index in [9.17, 15) is 8.42 Å². The normalized spacial score (nSPS) is 11.2. The van der Waals surface area contributed by atoms with Gasteiger partial charge in [0, 0.05) is 29.6 Å². The van der Waals surface area contributed by atoms with Crippen molar-refractivity contribution in [2.75, 3.05) is 29.5 Å². The van der Waals surface area contributed by atoms with E-state index >= 15 is 0 Å². The highest BCUT2D eigenvalue weighted by atomic mass is 32.2. The van der Waals surface area contributed by atoms with Crippen molar-refractivity contribution < 1.29 is 13.2 Å². The van der Waals surface area contributed by atoms with Crippen LogP contribution in [-0.4, -0.2) is 33.3 Å². The van der Waals surface area contributed by atoms with E-state index in [1.165, 1.54) is 21.9 Å². The van der Waals surface area contributed by atoms with Crippen molar-refractivity contribution in [1.82, 2.24) is 4.98 Å². The fraction of sp³-hybridized carbons (Fsp3) is 0.250. The second kappa shape index (κ2) is 8.62. The Kier molecular flexibility index (Phi) is 6.21. The molecule has 2 aromatic carbocycles. The molecular formula is C20H23N3O3S2. The molecule has 1 aromatic heterocycles. The smallest absolute Gasteiger partial charge is 0.232 e. The molecule has 0 aliphatic carbocycles. The van der Waals surface area contributed by atoms with Crippen LogP contribution in [0.4, 0.5) is 10.8 Å². The SMILES string of the molecule is CCN(c1ccc(-c2csc(NCc3ccccc3OC)n2)cc1)S(C)(=O)=O. The molecule has 3 aromatic rings. The quantitative estimate of drug-likeness (QED) is 0.594. The van der Waals surface area contributed by atoms with Gasteiger partial charge in [0.1, 0.15) is 5.75 Å². The molecule has 0 unspecified atom stereocenters. The molecule has 3 rings (SSSR count). The lowest BCUT2D eigenvalue weighted by Gasteiger charge is -2.20. The van der Waals surface area contributed by atoms with Crippen LogP contribution in [-0.2, 0) is 16.6 Å². The molecule has 0 radical (unpaired) electrons. The molecule has 8 heteroatoms. The van der Waals surface area contributed by atoms with E-state index in [1.54, 1.807) is 19.2 Å². The number of aromatic nitrogens is 1. The molecule has 0 aliphatic rings. The highest BCUT2D eigenvalue weighted by Crippen LogP contribution is 2.28. The van der Waals surface area contributed by atoms with Gasteiger partial charge in [-0.25, -0.2) is 13.4 Å². The second-order valence-electron chi connectivity index (χ2n) is 6.18. The summed E-state index contributed by atoms with van der Waals surface area (Å²) in [5, 5.41) is 6.12. The van der Waals surface area contributed by atoms with E-state index in [2.05, 4.69) is 10.3 Å². The molecular weight excluding hydrogens is 394 g/mol. The average molecular weight is 418 g/mol. The van der Waals surface area contributed by atoms with Crippen molar-refractivity contribution in [2.24, 2.45) is 0 Å². The summed E-state index contributed by atoms with van der Waals surface area (Å²) in [5.41, 5.74) is 3.50. The first kappa shape index (κ1) is 20.2. The van der Waals surface area contributed by atoms with E-state index in [1.807, 2.05) is 48.7 Å². The van der Waals surface area contributed by atoms with Crippen molar-refractivity contribution in [3.8, 4) is 17.0 Å². The monoisotopic (exact) mass is 417 g/mol. The Balaban J connectivity index is 1.71. The molecule has 0 spiro atoms. The fourth-order valence-electron chi connectivity index (χ4n) is 2.91. The Morgan fingerprint density at radius 1 is 1.14 bits per heavy atom. The van der Waals surface area contributed by atoms with Gasteiger partial charge in [-0.1, -0.05) is 30.3 Å². The van der Waals surface area contributed by atoms with Crippen LogP contribution in [0.1, 0.15) is 12.5 Å². The van der Waals surface area contributed by atoms with Crippen LogP contribution in [0.15, 0.2) is 53.9 Å². The topological polar surface area (TPSA) is 71.5 Å². The standard InChI is InChI=1S/C20H23N3O3S2/c1-4-23(28(3,24)25)17-11-9-15(10-12-17)18-14-27-20(22-18)21-13-16-7-5-6-8-19(16)26-2/h5-12,14H,4,13H2,1-3H3,(H,21,22). The van der Waals surface area contributed by atoms with Gasteiger partial charge in [0.2, 0.25) is 10.0 Å². The predicted octanol–water partition coefficient (Wildman–Crippen LogP) is 4.22. The predicted molar refractivity (Wildman–Crippen MR) is 116 cm³/mol. The maximum absolute atomic E-state index is 11.9. The summed E-state index contributed by atoms with van der Waals surface area (Å²) in [5.74, 6) is 0.841. The number of ether oxygens (including phenoxy) is 1. The molecule has 0 bridgehead atoms. The molecule has 0 saturated carbocycles. The van der Waals surface area contributed by atoms with Crippen LogP contribution in [0.2, 0.25) is 0 Å². The van der Waals surface area contributed by atoms with Gasteiger partial charge in [-0.15, -0.1) is 11.3 Å². The molecule has 28 heavy (non-hydrogen) atoms. The van der Waals surface area contributed by atoms with E-state index in [0.717, 1.165) is 27.7 Å². The number of methoxy groups -OCH3 is 1. The lowest BCUT2D eigenvalue weighted by atomic mass is 10.1. The Bertz CT molecular complexity index is 1030. The van der Waals surface area contributed by atoms with Crippen molar-refractivity contribution >= 4 is 32.2 Å². The summed E-state index contributed by atoms with van der Waals surface area (Å²) >= 11 is 1.53. The number of hydrogen-bond acceptors (Lipinski definition) is 6. The van der Waals surface area contributed by atoms with E-state index < -0.39 is 10.0 Å². The van der Waals surface area contributed by atoms with Gasteiger partial charge >= 0.3 is 0 Å². The third kappa shape index (κ3) is 4.63. The van der Waals surface area contributed by atoms with Crippen molar-refractivity contribution in [1.29, 1.82) is 0 Å². The first-order valence-corrected chi connectivity index (χ1v) is 11.5. The third-order valence-electron chi connectivity index (χ3n) is 4.27. The van der Waals surface area contributed by atoms with E-state index in [-0.39, 0.29) is 0 Å². The Hall–Kier alpha value is -2.58. The van der Waals surface area contributed by atoms with E-state index in [0.29, 0.717) is 18.8 Å². The lowest BCUT2D eigenvalue weighted by molar-refractivity contribution is 0.410. The Labute approximate surface area is 169 Å². The van der Waals surface area contributed by atoms with Gasteiger partial charge in [-0.2, -0.15) is 0 Å². The van der Waals surface area contributed by atoms with Crippen molar-refractivity contribution in [3.05, 3.63) is 59.5 Å². The summed E-state index contributed by atoms with van der Waals surface area (Å²) in [6.07, 6.45) is 1.21. The minimum Gasteiger partial charge on any atom is -0.496 e.